The van der Waals surface area contributed by atoms with Gasteiger partial charge < -0.3 is 18.9 Å². The summed E-state index contributed by atoms with van der Waals surface area (Å²) in [5, 5.41) is 0.683. The van der Waals surface area contributed by atoms with Crippen molar-refractivity contribution in [3.8, 4) is 23.0 Å². The molecule has 0 fully saturated rings. The standard InChI is InChI=1S/C26H27ClN2O6/c1-16-13-20(10-11-21(16)27)35-15-17-5-7-18(8-6-17)26(31)29-28-23(30)14-19-9-12-22(32-2)25(34-4)24(19)33-3/h5-13H,14-15H2,1-4H3,(H,28,30)(H,29,31). The van der Waals surface area contributed by atoms with Crippen molar-refractivity contribution >= 4 is 23.4 Å². The maximum absolute atomic E-state index is 12.4. The van der Waals surface area contributed by atoms with Gasteiger partial charge in [-0.05, 0) is 54.4 Å². The van der Waals surface area contributed by atoms with Gasteiger partial charge in [0.25, 0.3) is 5.91 Å². The molecule has 0 saturated carbocycles. The number of ether oxygens (including phenoxy) is 4. The minimum atomic E-state index is -0.446. The van der Waals surface area contributed by atoms with Gasteiger partial charge in [-0.25, -0.2) is 0 Å². The lowest BCUT2D eigenvalue weighted by Gasteiger charge is -2.15. The number of aryl methyl sites for hydroxylation is 1. The smallest absolute Gasteiger partial charge is 0.269 e. The van der Waals surface area contributed by atoms with E-state index < -0.39 is 11.8 Å². The number of methoxy groups -OCH3 is 3. The highest BCUT2D eigenvalue weighted by Gasteiger charge is 2.18. The number of hydrogen-bond donors (Lipinski definition) is 2. The van der Waals surface area contributed by atoms with Gasteiger partial charge in [-0.15, -0.1) is 0 Å². The van der Waals surface area contributed by atoms with Crippen molar-refractivity contribution in [2.45, 2.75) is 20.0 Å². The first-order chi connectivity index (χ1) is 16.9. The molecule has 0 atom stereocenters. The summed E-state index contributed by atoms with van der Waals surface area (Å²) in [5.74, 6) is 1.10. The van der Waals surface area contributed by atoms with Crippen LogP contribution >= 0.6 is 11.6 Å². The van der Waals surface area contributed by atoms with Gasteiger partial charge in [-0.3, -0.25) is 20.4 Å². The predicted octanol–water partition coefficient (Wildman–Crippen LogP) is 4.26. The molecule has 0 spiro atoms. The van der Waals surface area contributed by atoms with Crippen molar-refractivity contribution in [2.75, 3.05) is 21.3 Å². The predicted molar refractivity (Wildman–Crippen MR) is 132 cm³/mol. The van der Waals surface area contributed by atoms with Crippen molar-refractivity contribution < 1.29 is 28.5 Å². The van der Waals surface area contributed by atoms with E-state index >= 15 is 0 Å². The number of hydrazine groups is 1. The first-order valence-corrected chi connectivity index (χ1v) is 11.1. The fourth-order valence-corrected chi connectivity index (χ4v) is 3.46. The van der Waals surface area contributed by atoms with Crippen LogP contribution in [0.4, 0.5) is 0 Å². The van der Waals surface area contributed by atoms with Crippen LogP contribution in [-0.2, 0) is 17.8 Å². The van der Waals surface area contributed by atoms with E-state index in [0.717, 1.165) is 11.1 Å². The van der Waals surface area contributed by atoms with Crippen LogP contribution in [0, 0.1) is 6.92 Å². The van der Waals surface area contributed by atoms with Crippen LogP contribution in [0.2, 0.25) is 5.02 Å². The first kappa shape index (κ1) is 25.7. The Kier molecular flexibility index (Phi) is 8.80. The van der Waals surface area contributed by atoms with E-state index in [-0.39, 0.29) is 6.42 Å². The maximum Gasteiger partial charge on any atom is 0.269 e. The quantitative estimate of drug-likeness (QED) is 0.428. The molecule has 9 heteroatoms. The number of carbonyl (C=O) groups is 2. The molecule has 3 rings (SSSR count). The third-order valence-electron chi connectivity index (χ3n) is 5.20. The summed E-state index contributed by atoms with van der Waals surface area (Å²) in [6, 6.07) is 15.7. The molecule has 8 nitrogen and oxygen atoms in total. The fraction of sp³-hybridized carbons (Fsp3) is 0.231. The number of rotatable bonds is 9. The van der Waals surface area contributed by atoms with E-state index in [4.69, 9.17) is 30.5 Å². The van der Waals surface area contributed by atoms with Crippen LogP contribution in [0.25, 0.3) is 0 Å². The van der Waals surface area contributed by atoms with Crippen LogP contribution in [0.3, 0.4) is 0 Å². The Morgan fingerprint density at radius 3 is 2.20 bits per heavy atom. The lowest BCUT2D eigenvalue weighted by Crippen LogP contribution is -2.42. The van der Waals surface area contributed by atoms with E-state index in [1.165, 1.54) is 21.3 Å². The van der Waals surface area contributed by atoms with E-state index in [0.29, 0.717) is 45.8 Å². The third-order valence-corrected chi connectivity index (χ3v) is 5.63. The van der Waals surface area contributed by atoms with Gasteiger partial charge in [0.15, 0.2) is 11.5 Å². The zero-order valence-corrected chi connectivity index (χ0v) is 20.7. The van der Waals surface area contributed by atoms with Gasteiger partial charge in [0, 0.05) is 16.1 Å². The molecule has 3 aromatic carbocycles. The molecular weight excluding hydrogens is 472 g/mol. The Balaban J connectivity index is 1.54. The lowest BCUT2D eigenvalue weighted by atomic mass is 10.1. The summed E-state index contributed by atoms with van der Waals surface area (Å²) >= 11 is 6.03. The molecule has 184 valence electrons. The minimum Gasteiger partial charge on any atom is -0.493 e. The second kappa shape index (κ2) is 12.0. The molecule has 0 radical (unpaired) electrons. The number of hydrogen-bond acceptors (Lipinski definition) is 6. The minimum absolute atomic E-state index is 0.0374. The molecule has 2 amide bonds. The van der Waals surface area contributed by atoms with Crippen molar-refractivity contribution in [3.05, 3.63) is 81.9 Å². The monoisotopic (exact) mass is 498 g/mol. The Hall–Kier alpha value is -3.91. The van der Waals surface area contributed by atoms with Crippen LogP contribution in [0.5, 0.6) is 23.0 Å². The topological polar surface area (TPSA) is 95.1 Å². The summed E-state index contributed by atoms with van der Waals surface area (Å²) in [6.45, 7) is 2.25. The van der Waals surface area contributed by atoms with Gasteiger partial charge in [-0.1, -0.05) is 29.8 Å². The first-order valence-electron chi connectivity index (χ1n) is 10.7. The summed E-state index contributed by atoms with van der Waals surface area (Å²) in [5.41, 5.74) is 7.62. The van der Waals surface area contributed by atoms with Crippen molar-refractivity contribution in [2.24, 2.45) is 0 Å². The molecule has 0 aromatic heterocycles. The summed E-state index contributed by atoms with van der Waals surface area (Å²) in [7, 11) is 4.48. The lowest BCUT2D eigenvalue weighted by molar-refractivity contribution is -0.121. The molecular formula is C26H27ClN2O6. The molecule has 0 aliphatic carbocycles. The average molecular weight is 499 g/mol. The molecule has 0 aliphatic heterocycles. The maximum atomic E-state index is 12.4. The van der Waals surface area contributed by atoms with Gasteiger partial charge in [0.1, 0.15) is 12.4 Å². The van der Waals surface area contributed by atoms with Crippen LogP contribution < -0.4 is 29.8 Å². The Labute approximate surface area is 209 Å². The Morgan fingerprint density at radius 1 is 0.857 bits per heavy atom. The number of nitrogens with one attached hydrogen (secondary N) is 2. The summed E-state index contributed by atoms with van der Waals surface area (Å²) < 4.78 is 21.7. The Morgan fingerprint density at radius 2 is 1.57 bits per heavy atom. The normalized spacial score (nSPS) is 10.3. The number of halogens is 1. The summed E-state index contributed by atoms with van der Waals surface area (Å²) in [4.78, 5) is 24.8. The van der Waals surface area contributed by atoms with Gasteiger partial charge in [0.05, 0.1) is 27.8 Å². The zero-order valence-electron chi connectivity index (χ0n) is 19.9. The molecule has 3 aromatic rings. The molecule has 2 N–H and O–H groups in total. The van der Waals surface area contributed by atoms with Gasteiger partial charge >= 0.3 is 0 Å². The molecule has 0 saturated heterocycles. The van der Waals surface area contributed by atoms with Crippen molar-refractivity contribution in [1.82, 2.24) is 10.9 Å². The van der Waals surface area contributed by atoms with E-state index in [1.54, 1.807) is 48.5 Å². The van der Waals surface area contributed by atoms with E-state index in [2.05, 4.69) is 10.9 Å². The van der Waals surface area contributed by atoms with Crippen LogP contribution in [-0.4, -0.2) is 33.1 Å². The Bertz CT molecular complexity index is 1200. The zero-order chi connectivity index (χ0) is 25.4. The van der Waals surface area contributed by atoms with Crippen molar-refractivity contribution in [1.29, 1.82) is 0 Å². The molecule has 0 unspecified atom stereocenters. The third kappa shape index (κ3) is 6.58. The molecule has 0 heterocycles. The molecule has 0 bridgehead atoms. The number of carbonyl (C=O) groups excluding carboxylic acids is 2. The van der Waals surface area contributed by atoms with Crippen LogP contribution in [0.1, 0.15) is 27.0 Å². The highest BCUT2D eigenvalue weighted by molar-refractivity contribution is 6.31. The van der Waals surface area contributed by atoms with E-state index in [9.17, 15) is 9.59 Å². The molecule has 35 heavy (non-hydrogen) atoms. The van der Waals surface area contributed by atoms with Crippen LogP contribution in [0.15, 0.2) is 54.6 Å². The van der Waals surface area contributed by atoms with Gasteiger partial charge in [-0.2, -0.15) is 0 Å². The number of amides is 2. The number of benzene rings is 3. The molecule has 0 aliphatic rings. The SMILES string of the molecule is COc1ccc(CC(=O)NNC(=O)c2ccc(COc3ccc(Cl)c(C)c3)cc2)c(OC)c1OC. The highest BCUT2D eigenvalue weighted by atomic mass is 35.5. The van der Waals surface area contributed by atoms with Crippen molar-refractivity contribution in [3.63, 3.8) is 0 Å². The van der Waals surface area contributed by atoms with E-state index in [1.807, 2.05) is 13.0 Å². The summed E-state index contributed by atoms with van der Waals surface area (Å²) in [6.07, 6.45) is -0.0374. The largest absolute Gasteiger partial charge is 0.493 e. The average Bonchev–Trinajstić information content (AvgIpc) is 2.87. The fourth-order valence-electron chi connectivity index (χ4n) is 3.34. The second-order valence-corrected chi connectivity index (χ2v) is 7.98. The van der Waals surface area contributed by atoms with Gasteiger partial charge in [0.2, 0.25) is 11.7 Å². The highest BCUT2D eigenvalue weighted by Crippen LogP contribution is 2.39. The second-order valence-electron chi connectivity index (χ2n) is 7.57.